The van der Waals surface area contributed by atoms with E-state index in [2.05, 4.69) is 15.4 Å². The molecule has 2 amide bonds. The highest BCUT2D eigenvalue weighted by molar-refractivity contribution is 5.92. The lowest BCUT2D eigenvalue weighted by Crippen LogP contribution is -2.33. The minimum Gasteiger partial charge on any atom is -0.453 e. The van der Waals surface area contributed by atoms with E-state index < -0.39 is 6.09 Å². The van der Waals surface area contributed by atoms with E-state index in [1.165, 1.54) is 7.11 Å². The van der Waals surface area contributed by atoms with Gasteiger partial charge in [-0.15, -0.1) is 0 Å². The number of rotatable bonds is 4. The summed E-state index contributed by atoms with van der Waals surface area (Å²) >= 11 is 0. The molecule has 1 atom stereocenters. The molecule has 5 nitrogen and oxygen atoms in total. The van der Waals surface area contributed by atoms with E-state index in [4.69, 9.17) is 0 Å². The van der Waals surface area contributed by atoms with Gasteiger partial charge in [0.1, 0.15) is 0 Å². The minimum atomic E-state index is -0.734. The molecule has 0 fully saturated rings. The van der Waals surface area contributed by atoms with Crippen molar-refractivity contribution >= 4 is 17.7 Å². The molecule has 17 heavy (non-hydrogen) atoms. The van der Waals surface area contributed by atoms with Crippen molar-refractivity contribution < 1.29 is 14.3 Å². The molecular formula is C12H16N2O3. The highest BCUT2D eigenvalue weighted by Crippen LogP contribution is 2.08. The summed E-state index contributed by atoms with van der Waals surface area (Å²) in [5.41, 5.74) is 0.936. The van der Waals surface area contributed by atoms with Gasteiger partial charge in [0.2, 0.25) is 5.91 Å². The fourth-order valence-corrected chi connectivity index (χ4v) is 1.36. The third kappa shape index (κ3) is 5.01. The lowest BCUT2D eigenvalue weighted by atomic mass is 10.2. The number of hydrogen-bond donors (Lipinski definition) is 2. The number of hydrogen-bond acceptors (Lipinski definition) is 4. The second kappa shape index (κ2) is 6.52. The number of nitrogens with one attached hydrogen (secondary N) is 2. The Balaban J connectivity index is 2.37. The van der Waals surface area contributed by atoms with E-state index in [9.17, 15) is 9.59 Å². The van der Waals surface area contributed by atoms with Crippen LogP contribution in [-0.4, -0.2) is 25.2 Å². The quantitative estimate of drug-likeness (QED) is 0.835. The Kier molecular flexibility index (Phi) is 5.00. The Labute approximate surface area is 100 Å². The van der Waals surface area contributed by atoms with E-state index >= 15 is 0 Å². The van der Waals surface area contributed by atoms with Gasteiger partial charge in [-0.05, 0) is 19.1 Å². The van der Waals surface area contributed by atoms with Crippen molar-refractivity contribution in [3.63, 3.8) is 0 Å². The smallest absolute Gasteiger partial charge is 0.413 e. The number of methoxy groups -OCH3 is 1. The monoisotopic (exact) mass is 236 g/mol. The summed E-state index contributed by atoms with van der Waals surface area (Å²) in [4.78, 5) is 22.1. The predicted octanol–water partition coefficient (Wildman–Crippen LogP) is 1.76. The zero-order valence-corrected chi connectivity index (χ0v) is 9.90. The van der Waals surface area contributed by atoms with Crippen LogP contribution in [0.5, 0.6) is 0 Å². The third-order valence-corrected chi connectivity index (χ3v) is 2.11. The number of imide groups is 1. The molecule has 0 aliphatic heterocycles. The number of amides is 2. The highest BCUT2D eigenvalue weighted by atomic mass is 16.5. The molecule has 0 radical (unpaired) electrons. The largest absolute Gasteiger partial charge is 0.453 e. The van der Waals surface area contributed by atoms with Gasteiger partial charge in [-0.3, -0.25) is 10.1 Å². The summed E-state index contributed by atoms with van der Waals surface area (Å²) < 4.78 is 4.33. The van der Waals surface area contributed by atoms with Crippen molar-refractivity contribution in [1.82, 2.24) is 5.32 Å². The molecule has 0 aliphatic carbocycles. The molecule has 1 aromatic carbocycles. The van der Waals surface area contributed by atoms with Gasteiger partial charge >= 0.3 is 6.09 Å². The molecule has 1 aromatic rings. The maximum atomic E-state index is 11.4. The third-order valence-electron chi connectivity index (χ3n) is 2.11. The van der Waals surface area contributed by atoms with Crippen LogP contribution in [0.3, 0.4) is 0 Å². The molecule has 0 aliphatic rings. The maximum Gasteiger partial charge on any atom is 0.413 e. The van der Waals surface area contributed by atoms with Gasteiger partial charge in [-0.25, -0.2) is 4.79 Å². The van der Waals surface area contributed by atoms with Crippen LogP contribution in [0, 0.1) is 0 Å². The van der Waals surface area contributed by atoms with Crippen molar-refractivity contribution in [2.45, 2.75) is 19.4 Å². The normalized spacial score (nSPS) is 11.4. The summed E-state index contributed by atoms with van der Waals surface area (Å²) in [7, 11) is 1.22. The van der Waals surface area contributed by atoms with Gasteiger partial charge in [-0.1, -0.05) is 18.2 Å². The number of anilines is 1. The zero-order chi connectivity index (χ0) is 12.7. The molecule has 0 heterocycles. The van der Waals surface area contributed by atoms with Crippen molar-refractivity contribution in [3.8, 4) is 0 Å². The van der Waals surface area contributed by atoms with E-state index in [-0.39, 0.29) is 18.4 Å². The van der Waals surface area contributed by atoms with Gasteiger partial charge < -0.3 is 10.1 Å². The van der Waals surface area contributed by atoms with Crippen LogP contribution in [0.2, 0.25) is 0 Å². The molecular weight excluding hydrogens is 220 g/mol. The van der Waals surface area contributed by atoms with Gasteiger partial charge in [0.15, 0.2) is 0 Å². The molecule has 92 valence electrons. The van der Waals surface area contributed by atoms with Crippen LogP contribution in [0.4, 0.5) is 10.5 Å². The SMILES string of the molecule is COC(=O)NC(=O)C[C@@H](C)Nc1ccccc1. The van der Waals surface area contributed by atoms with Crippen molar-refractivity contribution in [2.75, 3.05) is 12.4 Å². The lowest BCUT2D eigenvalue weighted by Gasteiger charge is -2.14. The van der Waals surface area contributed by atoms with Crippen molar-refractivity contribution in [1.29, 1.82) is 0 Å². The Morgan fingerprint density at radius 1 is 1.29 bits per heavy atom. The predicted molar refractivity (Wildman–Crippen MR) is 64.7 cm³/mol. The molecule has 0 unspecified atom stereocenters. The Hall–Kier alpha value is -2.04. The number of carbonyl (C=O) groups is 2. The molecule has 0 bridgehead atoms. The van der Waals surface area contributed by atoms with Crippen LogP contribution in [0.15, 0.2) is 30.3 Å². The first-order chi connectivity index (χ1) is 8.11. The van der Waals surface area contributed by atoms with Gasteiger partial charge in [0, 0.05) is 18.2 Å². The van der Waals surface area contributed by atoms with E-state index in [0.717, 1.165) is 5.69 Å². The van der Waals surface area contributed by atoms with E-state index in [1.807, 2.05) is 37.3 Å². The Bertz CT molecular complexity index is 379. The van der Waals surface area contributed by atoms with Crippen molar-refractivity contribution in [3.05, 3.63) is 30.3 Å². The first-order valence-electron chi connectivity index (χ1n) is 5.31. The molecule has 1 rings (SSSR count). The van der Waals surface area contributed by atoms with Gasteiger partial charge in [0.05, 0.1) is 7.11 Å². The number of para-hydroxylation sites is 1. The van der Waals surface area contributed by atoms with Gasteiger partial charge in [-0.2, -0.15) is 0 Å². The summed E-state index contributed by atoms with van der Waals surface area (Å²) in [6.07, 6.45) is -0.536. The topological polar surface area (TPSA) is 67.4 Å². The summed E-state index contributed by atoms with van der Waals surface area (Å²) in [5, 5.41) is 5.26. The molecule has 0 saturated carbocycles. The molecule has 0 aromatic heterocycles. The molecule has 5 heteroatoms. The first-order valence-corrected chi connectivity index (χ1v) is 5.31. The minimum absolute atomic E-state index is 0.0675. The Morgan fingerprint density at radius 3 is 2.53 bits per heavy atom. The van der Waals surface area contributed by atoms with E-state index in [0.29, 0.717) is 0 Å². The first kappa shape index (κ1) is 13.0. The second-order valence-electron chi connectivity index (χ2n) is 3.66. The number of carbonyl (C=O) groups excluding carboxylic acids is 2. The average Bonchev–Trinajstić information content (AvgIpc) is 2.29. The standard InChI is InChI=1S/C12H16N2O3/c1-9(8-11(15)14-12(16)17-2)13-10-6-4-3-5-7-10/h3-7,9,13H,8H2,1-2H3,(H,14,15,16)/t9-/m1/s1. The van der Waals surface area contributed by atoms with Crippen LogP contribution in [0.25, 0.3) is 0 Å². The molecule has 0 saturated heterocycles. The molecule has 0 spiro atoms. The summed E-state index contributed by atoms with van der Waals surface area (Å²) in [6, 6.07) is 9.48. The van der Waals surface area contributed by atoms with Crippen LogP contribution < -0.4 is 10.6 Å². The fourth-order valence-electron chi connectivity index (χ4n) is 1.36. The Morgan fingerprint density at radius 2 is 1.94 bits per heavy atom. The maximum absolute atomic E-state index is 11.4. The summed E-state index contributed by atoms with van der Waals surface area (Å²) in [5.74, 6) is -0.368. The number of alkyl carbamates (subject to hydrolysis) is 1. The molecule has 2 N–H and O–H groups in total. The number of ether oxygens (including phenoxy) is 1. The van der Waals surface area contributed by atoms with Crippen LogP contribution >= 0.6 is 0 Å². The van der Waals surface area contributed by atoms with Crippen molar-refractivity contribution in [2.24, 2.45) is 0 Å². The average molecular weight is 236 g/mol. The van der Waals surface area contributed by atoms with E-state index in [1.54, 1.807) is 0 Å². The highest BCUT2D eigenvalue weighted by Gasteiger charge is 2.11. The lowest BCUT2D eigenvalue weighted by molar-refractivity contribution is -0.120. The van der Waals surface area contributed by atoms with Crippen LogP contribution in [-0.2, 0) is 9.53 Å². The number of benzene rings is 1. The second-order valence-corrected chi connectivity index (χ2v) is 3.66. The van der Waals surface area contributed by atoms with Gasteiger partial charge in [0.25, 0.3) is 0 Å². The fraction of sp³-hybridized carbons (Fsp3) is 0.333. The zero-order valence-electron chi connectivity index (χ0n) is 9.90. The summed E-state index contributed by atoms with van der Waals surface area (Å²) in [6.45, 7) is 1.86. The van der Waals surface area contributed by atoms with Crippen LogP contribution in [0.1, 0.15) is 13.3 Å².